The van der Waals surface area contributed by atoms with Gasteiger partial charge in [-0.05, 0) is 18.9 Å². The summed E-state index contributed by atoms with van der Waals surface area (Å²) in [6, 6.07) is 4.13. The molecule has 7 nitrogen and oxygen atoms in total. The van der Waals surface area contributed by atoms with Gasteiger partial charge in [0.25, 0.3) is 11.6 Å². The molecule has 114 valence electrons. The number of non-ortho nitro benzene ring substituents is 1. The fourth-order valence-corrected chi connectivity index (χ4v) is 2.43. The standard InChI is InChI=1S/C14H18N2O5/c17-8-10-7-12(16(19)20)5-6-13(10)21-9-14(18)15-11-3-1-2-4-11/h5-7,11,17H,1-4,8-9H2,(H,15,18). The Kier molecular flexibility index (Phi) is 5.10. The van der Waals surface area contributed by atoms with Crippen molar-refractivity contribution in [2.45, 2.75) is 38.3 Å². The highest BCUT2D eigenvalue weighted by Gasteiger charge is 2.18. The second-order valence-corrected chi connectivity index (χ2v) is 5.04. The Morgan fingerprint density at radius 3 is 2.76 bits per heavy atom. The van der Waals surface area contributed by atoms with Gasteiger partial charge in [-0.1, -0.05) is 12.8 Å². The monoisotopic (exact) mass is 294 g/mol. The Bertz CT molecular complexity index is 526. The minimum Gasteiger partial charge on any atom is -0.483 e. The number of carbonyl (C=O) groups is 1. The number of nitro benzene ring substituents is 1. The van der Waals surface area contributed by atoms with Crippen LogP contribution in [0, 0.1) is 10.1 Å². The summed E-state index contributed by atoms with van der Waals surface area (Å²) in [5.74, 6) is 0.0637. The first-order valence-corrected chi connectivity index (χ1v) is 6.90. The fourth-order valence-electron chi connectivity index (χ4n) is 2.43. The molecule has 2 rings (SSSR count). The van der Waals surface area contributed by atoms with Crippen LogP contribution in [0.25, 0.3) is 0 Å². The van der Waals surface area contributed by atoms with Crippen LogP contribution in [0.1, 0.15) is 31.2 Å². The van der Waals surface area contributed by atoms with Gasteiger partial charge >= 0.3 is 0 Å². The van der Waals surface area contributed by atoms with Gasteiger partial charge in [-0.3, -0.25) is 14.9 Å². The summed E-state index contributed by atoms with van der Waals surface area (Å²) in [6.45, 7) is -0.553. The van der Waals surface area contributed by atoms with E-state index < -0.39 is 4.92 Å². The van der Waals surface area contributed by atoms with E-state index in [1.54, 1.807) is 0 Å². The van der Waals surface area contributed by atoms with Gasteiger partial charge in [-0.2, -0.15) is 0 Å². The minimum absolute atomic E-state index is 0.123. The van der Waals surface area contributed by atoms with Crippen molar-refractivity contribution < 1.29 is 19.6 Å². The Labute approximate surface area is 122 Å². The van der Waals surface area contributed by atoms with E-state index in [0.29, 0.717) is 0 Å². The van der Waals surface area contributed by atoms with Crippen molar-refractivity contribution in [3.63, 3.8) is 0 Å². The maximum atomic E-state index is 11.7. The van der Waals surface area contributed by atoms with Crippen molar-refractivity contribution in [2.24, 2.45) is 0 Å². The zero-order valence-electron chi connectivity index (χ0n) is 11.6. The van der Waals surface area contributed by atoms with Gasteiger partial charge in [0.15, 0.2) is 6.61 Å². The Morgan fingerprint density at radius 1 is 1.43 bits per heavy atom. The second-order valence-electron chi connectivity index (χ2n) is 5.04. The number of amides is 1. The first kappa shape index (κ1) is 15.2. The molecule has 0 unspecified atom stereocenters. The molecule has 0 bridgehead atoms. The van der Waals surface area contributed by atoms with Gasteiger partial charge in [0.2, 0.25) is 0 Å². The van der Waals surface area contributed by atoms with Crippen LogP contribution in [0.5, 0.6) is 5.75 Å². The van der Waals surface area contributed by atoms with Crippen LogP contribution in [0.3, 0.4) is 0 Å². The number of nitro groups is 1. The van der Waals surface area contributed by atoms with Gasteiger partial charge in [0, 0.05) is 23.7 Å². The lowest BCUT2D eigenvalue weighted by atomic mass is 10.2. The molecule has 0 saturated heterocycles. The molecule has 0 radical (unpaired) electrons. The van der Waals surface area contributed by atoms with Crippen LogP contribution >= 0.6 is 0 Å². The SMILES string of the molecule is O=C(COc1ccc([N+](=O)[O-])cc1CO)NC1CCCC1. The third kappa shape index (κ3) is 4.16. The molecule has 1 aromatic rings. The van der Waals surface area contributed by atoms with Crippen molar-refractivity contribution in [2.75, 3.05) is 6.61 Å². The Morgan fingerprint density at radius 2 is 2.14 bits per heavy atom. The molecule has 0 heterocycles. The van der Waals surface area contributed by atoms with E-state index in [9.17, 15) is 20.0 Å². The van der Waals surface area contributed by atoms with Crippen LogP contribution < -0.4 is 10.1 Å². The minimum atomic E-state index is -0.546. The highest BCUT2D eigenvalue weighted by atomic mass is 16.6. The second kappa shape index (κ2) is 7.03. The van der Waals surface area contributed by atoms with Crippen molar-refractivity contribution in [1.29, 1.82) is 0 Å². The number of nitrogens with zero attached hydrogens (tertiary/aromatic N) is 1. The number of carbonyl (C=O) groups excluding carboxylic acids is 1. The summed E-state index contributed by atoms with van der Waals surface area (Å²) in [5, 5.41) is 22.8. The predicted octanol–water partition coefficient (Wildman–Crippen LogP) is 1.52. The number of benzene rings is 1. The van der Waals surface area contributed by atoms with Gasteiger partial charge in [0.1, 0.15) is 5.75 Å². The predicted molar refractivity (Wildman–Crippen MR) is 74.9 cm³/mol. The smallest absolute Gasteiger partial charge is 0.270 e. The number of aliphatic hydroxyl groups excluding tert-OH is 1. The molecule has 1 amide bonds. The molecule has 0 aromatic heterocycles. The summed E-state index contributed by atoms with van der Waals surface area (Å²) in [7, 11) is 0. The molecule has 1 aromatic carbocycles. The zero-order valence-corrected chi connectivity index (χ0v) is 11.6. The van der Waals surface area contributed by atoms with Crippen molar-refractivity contribution in [3.8, 4) is 5.75 Å². The molecular weight excluding hydrogens is 276 g/mol. The first-order chi connectivity index (χ1) is 10.1. The van der Waals surface area contributed by atoms with E-state index in [4.69, 9.17) is 4.74 Å². The third-order valence-electron chi connectivity index (χ3n) is 3.50. The van der Waals surface area contributed by atoms with Gasteiger partial charge in [-0.15, -0.1) is 0 Å². The highest BCUT2D eigenvalue weighted by Crippen LogP contribution is 2.24. The van der Waals surface area contributed by atoms with Gasteiger partial charge < -0.3 is 15.2 Å². The molecule has 2 N–H and O–H groups in total. The number of rotatable bonds is 6. The lowest BCUT2D eigenvalue weighted by Crippen LogP contribution is -2.36. The van der Waals surface area contributed by atoms with Crippen LogP contribution in [-0.2, 0) is 11.4 Å². The third-order valence-corrected chi connectivity index (χ3v) is 3.50. The average Bonchev–Trinajstić information content (AvgIpc) is 2.97. The number of ether oxygens (including phenoxy) is 1. The fraction of sp³-hybridized carbons (Fsp3) is 0.500. The van der Waals surface area contributed by atoms with E-state index in [0.717, 1.165) is 25.7 Å². The first-order valence-electron chi connectivity index (χ1n) is 6.90. The summed E-state index contributed by atoms with van der Waals surface area (Å²) in [4.78, 5) is 21.9. The Balaban J connectivity index is 1.92. The summed E-state index contributed by atoms with van der Waals surface area (Å²) in [6.07, 6.45) is 4.24. The molecule has 7 heteroatoms. The van der Waals surface area contributed by atoms with E-state index >= 15 is 0 Å². The number of nitrogens with one attached hydrogen (secondary N) is 1. The lowest BCUT2D eigenvalue weighted by Gasteiger charge is -2.13. The molecule has 21 heavy (non-hydrogen) atoms. The zero-order chi connectivity index (χ0) is 15.2. The summed E-state index contributed by atoms with van der Waals surface area (Å²) >= 11 is 0. The summed E-state index contributed by atoms with van der Waals surface area (Å²) < 4.78 is 5.34. The van der Waals surface area contributed by atoms with Crippen molar-refractivity contribution >= 4 is 11.6 Å². The molecule has 0 spiro atoms. The van der Waals surface area contributed by atoms with E-state index in [-0.39, 0.29) is 42.2 Å². The topological polar surface area (TPSA) is 102 Å². The quantitative estimate of drug-likeness (QED) is 0.612. The number of hydrogen-bond donors (Lipinski definition) is 2. The van der Waals surface area contributed by atoms with E-state index in [1.165, 1.54) is 18.2 Å². The highest BCUT2D eigenvalue weighted by molar-refractivity contribution is 5.77. The molecule has 1 fully saturated rings. The maximum Gasteiger partial charge on any atom is 0.270 e. The molecule has 1 saturated carbocycles. The van der Waals surface area contributed by atoms with Crippen LogP contribution in [0.15, 0.2) is 18.2 Å². The lowest BCUT2D eigenvalue weighted by molar-refractivity contribution is -0.385. The number of hydrogen-bond acceptors (Lipinski definition) is 5. The average molecular weight is 294 g/mol. The van der Waals surface area contributed by atoms with Crippen LogP contribution in [0.4, 0.5) is 5.69 Å². The van der Waals surface area contributed by atoms with Gasteiger partial charge in [0.05, 0.1) is 11.5 Å². The van der Waals surface area contributed by atoms with E-state index in [2.05, 4.69) is 5.32 Å². The van der Waals surface area contributed by atoms with Crippen molar-refractivity contribution in [1.82, 2.24) is 5.32 Å². The number of aliphatic hydroxyl groups is 1. The molecular formula is C14H18N2O5. The molecule has 1 aliphatic rings. The largest absolute Gasteiger partial charge is 0.483 e. The van der Waals surface area contributed by atoms with Crippen LogP contribution in [-0.4, -0.2) is 28.6 Å². The molecule has 1 aliphatic carbocycles. The van der Waals surface area contributed by atoms with Crippen molar-refractivity contribution in [3.05, 3.63) is 33.9 Å². The molecule has 0 aliphatic heterocycles. The van der Waals surface area contributed by atoms with Crippen LogP contribution in [0.2, 0.25) is 0 Å². The van der Waals surface area contributed by atoms with E-state index in [1.807, 2.05) is 0 Å². The molecule has 0 atom stereocenters. The summed E-state index contributed by atoms with van der Waals surface area (Å²) in [5.41, 5.74) is 0.166. The van der Waals surface area contributed by atoms with Gasteiger partial charge in [-0.25, -0.2) is 0 Å². The normalized spacial score (nSPS) is 14.9. The Hall–Kier alpha value is -2.15. The maximum absolute atomic E-state index is 11.7.